The van der Waals surface area contributed by atoms with E-state index in [2.05, 4.69) is 6.92 Å². The van der Waals surface area contributed by atoms with Gasteiger partial charge >= 0.3 is 6.09 Å². The van der Waals surface area contributed by atoms with Crippen molar-refractivity contribution < 1.29 is 13.9 Å². The number of piperidine rings is 1. The summed E-state index contributed by atoms with van der Waals surface area (Å²) in [4.78, 5) is 13.7. The normalized spacial score (nSPS) is 15.9. The summed E-state index contributed by atoms with van der Waals surface area (Å²) < 4.78 is 18.7. The molecule has 0 saturated carbocycles. The summed E-state index contributed by atoms with van der Waals surface area (Å²) in [7, 11) is 0. The Labute approximate surface area is 131 Å². The number of hydrogen-bond donors (Lipinski definition) is 1. The number of likely N-dealkylation sites (tertiary alicyclic amines) is 1. The number of anilines is 1. The summed E-state index contributed by atoms with van der Waals surface area (Å²) in [6.45, 7) is 5.81. The van der Waals surface area contributed by atoms with Crippen LogP contribution in [0, 0.1) is 12.7 Å². The van der Waals surface area contributed by atoms with Gasteiger partial charge in [0.05, 0.1) is 12.3 Å². The van der Waals surface area contributed by atoms with Gasteiger partial charge in [0, 0.05) is 13.1 Å². The predicted molar refractivity (Wildman–Crippen MR) is 85.4 cm³/mol. The van der Waals surface area contributed by atoms with E-state index in [1.807, 2.05) is 6.92 Å². The fourth-order valence-electron chi connectivity index (χ4n) is 2.92. The third kappa shape index (κ3) is 3.90. The Morgan fingerprint density at radius 2 is 2.09 bits per heavy atom. The Balaban J connectivity index is 1.92. The van der Waals surface area contributed by atoms with Crippen molar-refractivity contribution in [3.63, 3.8) is 0 Å². The van der Waals surface area contributed by atoms with Gasteiger partial charge in [-0.05, 0) is 55.4 Å². The van der Waals surface area contributed by atoms with Crippen molar-refractivity contribution in [2.24, 2.45) is 0 Å². The molecule has 22 heavy (non-hydrogen) atoms. The summed E-state index contributed by atoms with van der Waals surface area (Å²) in [5.74, 6) is -0.0409. The van der Waals surface area contributed by atoms with E-state index in [4.69, 9.17) is 10.5 Å². The van der Waals surface area contributed by atoms with Crippen LogP contribution in [0.4, 0.5) is 14.9 Å². The van der Waals surface area contributed by atoms with Gasteiger partial charge < -0.3 is 15.4 Å². The van der Waals surface area contributed by atoms with Crippen LogP contribution >= 0.6 is 0 Å². The highest BCUT2D eigenvalue weighted by Crippen LogP contribution is 2.32. The third-order valence-electron chi connectivity index (χ3n) is 4.30. The molecule has 1 aliphatic heterocycles. The quantitative estimate of drug-likeness (QED) is 0.679. The van der Waals surface area contributed by atoms with Crippen molar-refractivity contribution in [1.82, 2.24) is 4.90 Å². The molecule has 1 heterocycles. The van der Waals surface area contributed by atoms with Crippen LogP contribution in [0.2, 0.25) is 0 Å². The number of aryl methyl sites for hydroxylation is 1. The zero-order valence-corrected chi connectivity index (χ0v) is 13.4. The first-order valence-electron chi connectivity index (χ1n) is 8.00. The van der Waals surface area contributed by atoms with E-state index in [0.717, 1.165) is 36.8 Å². The molecule has 1 aliphatic rings. The number of hydrogen-bond acceptors (Lipinski definition) is 3. The average Bonchev–Trinajstić information content (AvgIpc) is 2.51. The van der Waals surface area contributed by atoms with Gasteiger partial charge in [-0.1, -0.05) is 13.3 Å². The van der Waals surface area contributed by atoms with Crippen LogP contribution in [0.5, 0.6) is 0 Å². The Morgan fingerprint density at radius 1 is 1.41 bits per heavy atom. The number of amides is 1. The fraction of sp³-hybridized carbons (Fsp3) is 0.588. The molecule has 1 amide bonds. The van der Waals surface area contributed by atoms with Gasteiger partial charge in [-0.2, -0.15) is 0 Å². The van der Waals surface area contributed by atoms with E-state index in [1.165, 1.54) is 6.07 Å². The third-order valence-corrected chi connectivity index (χ3v) is 4.30. The minimum absolute atomic E-state index is 0.196. The molecule has 0 aromatic heterocycles. The van der Waals surface area contributed by atoms with Crippen molar-refractivity contribution in [3.8, 4) is 0 Å². The topological polar surface area (TPSA) is 55.6 Å². The fourth-order valence-corrected chi connectivity index (χ4v) is 2.92. The van der Waals surface area contributed by atoms with Gasteiger partial charge in [0.15, 0.2) is 0 Å². The average molecular weight is 308 g/mol. The summed E-state index contributed by atoms with van der Waals surface area (Å²) in [6, 6.07) is 3.24. The molecule has 2 rings (SSSR count). The van der Waals surface area contributed by atoms with Gasteiger partial charge in [0.25, 0.3) is 0 Å². The maximum absolute atomic E-state index is 13.4. The zero-order chi connectivity index (χ0) is 16.1. The molecular weight excluding hydrogens is 283 g/mol. The molecule has 1 aromatic carbocycles. The number of ether oxygens (including phenoxy) is 1. The van der Waals surface area contributed by atoms with Gasteiger partial charge in [0.1, 0.15) is 5.82 Å². The number of rotatable bonds is 4. The molecule has 4 nitrogen and oxygen atoms in total. The predicted octanol–water partition coefficient (Wildman–Crippen LogP) is 3.83. The molecule has 1 saturated heterocycles. The summed E-state index contributed by atoms with van der Waals surface area (Å²) in [5, 5.41) is 0. The number of nitrogens with two attached hydrogens (primary N) is 1. The second-order valence-corrected chi connectivity index (χ2v) is 5.96. The number of carbonyl (C=O) groups excluding carboxylic acids is 1. The van der Waals surface area contributed by atoms with Crippen LogP contribution in [-0.2, 0) is 4.74 Å². The highest BCUT2D eigenvalue weighted by Gasteiger charge is 2.26. The van der Waals surface area contributed by atoms with E-state index >= 15 is 0 Å². The molecule has 0 unspecified atom stereocenters. The Hall–Kier alpha value is -1.78. The molecule has 2 N–H and O–H groups in total. The second kappa shape index (κ2) is 7.47. The number of benzene rings is 1. The number of carbonyl (C=O) groups is 1. The van der Waals surface area contributed by atoms with Gasteiger partial charge in [-0.15, -0.1) is 0 Å². The van der Waals surface area contributed by atoms with Crippen LogP contribution in [0.3, 0.4) is 0 Å². The van der Waals surface area contributed by atoms with Crippen LogP contribution < -0.4 is 5.73 Å². The van der Waals surface area contributed by atoms with Crippen molar-refractivity contribution >= 4 is 11.8 Å². The Kier molecular flexibility index (Phi) is 5.63. The lowest BCUT2D eigenvalue weighted by Crippen LogP contribution is -2.38. The molecule has 0 aliphatic carbocycles. The van der Waals surface area contributed by atoms with E-state index in [0.29, 0.717) is 25.6 Å². The lowest BCUT2D eigenvalue weighted by molar-refractivity contribution is 0.0916. The summed E-state index contributed by atoms with van der Waals surface area (Å²) in [6.07, 6.45) is 3.41. The molecule has 0 radical (unpaired) electrons. The van der Waals surface area contributed by atoms with Crippen LogP contribution in [0.1, 0.15) is 49.7 Å². The van der Waals surface area contributed by atoms with E-state index < -0.39 is 0 Å². The second-order valence-electron chi connectivity index (χ2n) is 5.96. The smallest absolute Gasteiger partial charge is 0.409 e. The SMILES string of the molecule is CCCCOC(=O)N1CCC(c2cc(N)c(F)cc2C)CC1. The molecular formula is C17H25FN2O2. The molecule has 1 aromatic rings. The zero-order valence-electron chi connectivity index (χ0n) is 13.4. The van der Waals surface area contributed by atoms with Gasteiger partial charge in [-0.25, -0.2) is 9.18 Å². The largest absolute Gasteiger partial charge is 0.449 e. The van der Waals surface area contributed by atoms with E-state index in [-0.39, 0.29) is 17.6 Å². The number of halogens is 1. The minimum atomic E-state index is -0.363. The van der Waals surface area contributed by atoms with E-state index in [1.54, 1.807) is 11.0 Å². The first kappa shape index (κ1) is 16.6. The number of nitrogens with zero attached hydrogens (tertiary/aromatic N) is 1. The summed E-state index contributed by atoms with van der Waals surface area (Å²) in [5.41, 5.74) is 7.90. The molecule has 1 fully saturated rings. The summed E-state index contributed by atoms with van der Waals surface area (Å²) >= 11 is 0. The molecule has 5 heteroatoms. The highest BCUT2D eigenvalue weighted by atomic mass is 19.1. The van der Waals surface area contributed by atoms with Crippen molar-refractivity contribution in [2.45, 2.75) is 45.4 Å². The van der Waals surface area contributed by atoms with Crippen LogP contribution in [0.15, 0.2) is 12.1 Å². The van der Waals surface area contributed by atoms with Crippen LogP contribution in [0.25, 0.3) is 0 Å². The standard InChI is InChI=1S/C17H25FN2O2/c1-3-4-9-22-17(21)20-7-5-13(6-8-20)14-11-16(19)15(18)10-12(14)2/h10-11,13H,3-9,19H2,1-2H3. The lowest BCUT2D eigenvalue weighted by Gasteiger charge is -2.32. The van der Waals surface area contributed by atoms with Crippen molar-refractivity contribution in [2.75, 3.05) is 25.4 Å². The Morgan fingerprint density at radius 3 is 2.73 bits per heavy atom. The molecule has 0 spiro atoms. The maximum atomic E-state index is 13.4. The molecule has 0 atom stereocenters. The van der Waals surface area contributed by atoms with Crippen LogP contribution in [-0.4, -0.2) is 30.7 Å². The van der Waals surface area contributed by atoms with Crippen molar-refractivity contribution in [1.29, 1.82) is 0 Å². The van der Waals surface area contributed by atoms with Gasteiger partial charge in [0.2, 0.25) is 0 Å². The van der Waals surface area contributed by atoms with E-state index in [9.17, 15) is 9.18 Å². The number of nitrogen functional groups attached to an aromatic ring is 1. The first-order chi connectivity index (χ1) is 10.5. The van der Waals surface area contributed by atoms with Gasteiger partial charge in [-0.3, -0.25) is 0 Å². The van der Waals surface area contributed by atoms with Crippen molar-refractivity contribution in [3.05, 3.63) is 29.1 Å². The molecule has 0 bridgehead atoms. The Bertz CT molecular complexity index is 526. The maximum Gasteiger partial charge on any atom is 0.409 e. The minimum Gasteiger partial charge on any atom is -0.449 e. The first-order valence-corrected chi connectivity index (χ1v) is 8.00. The lowest BCUT2D eigenvalue weighted by atomic mass is 9.86. The highest BCUT2D eigenvalue weighted by molar-refractivity contribution is 5.67. The monoisotopic (exact) mass is 308 g/mol. The molecule has 122 valence electrons. The number of unbranched alkanes of at least 4 members (excludes halogenated alkanes) is 1.